The third kappa shape index (κ3) is 4.85. The number of benzene rings is 3. The van der Waals surface area contributed by atoms with Crippen molar-refractivity contribution in [1.29, 1.82) is 0 Å². The molecule has 0 heterocycles. The number of hydrogen-bond donors (Lipinski definition) is 2. The predicted molar refractivity (Wildman–Crippen MR) is 111 cm³/mol. The van der Waals surface area contributed by atoms with Crippen molar-refractivity contribution >= 4 is 21.6 Å². The average molecular weight is 394 g/mol. The van der Waals surface area contributed by atoms with Crippen LogP contribution in [0, 0.1) is 0 Å². The second-order valence-corrected chi connectivity index (χ2v) is 8.25. The maximum absolute atomic E-state index is 12.6. The zero-order chi connectivity index (χ0) is 20.1. The lowest BCUT2D eigenvalue weighted by molar-refractivity contribution is -0.114. The van der Waals surface area contributed by atoms with Gasteiger partial charge in [0, 0.05) is 18.7 Å². The van der Waals surface area contributed by atoms with Crippen LogP contribution in [0.2, 0.25) is 0 Å². The Morgan fingerprint density at radius 3 is 1.96 bits per heavy atom. The summed E-state index contributed by atoms with van der Waals surface area (Å²) in [6, 6.07) is 23.5. The average Bonchev–Trinajstić information content (AvgIpc) is 2.68. The van der Waals surface area contributed by atoms with Crippen molar-refractivity contribution in [1.82, 2.24) is 4.72 Å². The van der Waals surface area contributed by atoms with Crippen LogP contribution >= 0.6 is 0 Å². The first-order chi connectivity index (χ1) is 13.3. The number of hydrogen-bond acceptors (Lipinski definition) is 3. The van der Waals surface area contributed by atoms with Crippen molar-refractivity contribution in [2.75, 3.05) is 5.32 Å². The van der Waals surface area contributed by atoms with Crippen molar-refractivity contribution < 1.29 is 13.2 Å². The lowest BCUT2D eigenvalue weighted by atomic mass is 10.0. The van der Waals surface area contributed by atoms with Crippen LogP contribution in [0.5, 0.6) is 0 Å². The number of carbonyl (C=O) groups excluding carboxylic acids is 1. The van der Waals surface area contributed by atoms with Crippen LogP contribution in [0.1, 0.15) is 25.5 Å². The third-order valence-electron chi connectivity index (χ3n) is 4.33. The quantitative estimate of drug-likeness (QED) is 0.653. The van der Waals surface area contributed by atoms with Crippen molar-refractivity contribution in [3.63, 3.8) is 0 Å². The van der Waals surface area contributed by atoms with Gasteiger partial charge in [0.15, 0.2) is 0 Å². The highest BCUT2D eigenvalue weighted by Crippen LogP contribution is 2.23. The molecule has 2 N–H and O–H groups in total. The van der Waals surface area contributed by atoms with Crippen LogP contribution < -0.4 is 10.0 Å². The van der Waals surface area contributed by atoms with Gasteiger partial charge in [-0.2, -0.15) is 0 Å². The van der Waals surface area contributed by atoms with Crippen LogP contribution in [0.15, 0.2) is 83.8 Å². The van der Waals surface area contributed by atoms with E-state index in [1.807, 2.05) is 54.6 Å². The second-order valence-electron chi connectivity index (χ2n) is 6.54. The molecule has 5 nitrogen and oxygen atoms in total. The minimum Gasteiger partial charge on any atom is -0.326 e. The lowest BCUT2D eigenvalue weighted by Crippen LogP contribution is -2.26. The molecule has 3 rings (SSSR count). The van der Waals surface area contributed by atoms with E-state index in [4.69, 9.17) is 0 Å². The van der Waals surface area contributed by atoms with Gasteiger partial charge in [-0.15, -0.1) is 0 Å². The molecule has 0 spiro atoms. The number of carbonyl (C=O) groups is 1. The van der Waals surface area contributed by atoms with E-state index in [0.717, 1.165) is 16.7 Å². The molecule has 144 valence electrons. The van der Waals surface area contributed by atoms with Crippen molar-refractivity contribution in [2.24, 2.45) is 0 Å². The SMILES string of the molecule is CC(=O)Nc1ccc(S(=O)(=O)NC(C)c2ccc(-c3ccccc3)cc2)cc1. The molecular formula is C22H22N2O3S. The van der Waals surface area contributed by atoms with Crippen LogP contribution in [-0.4, -0.2) is 14.3 Å². The Labute approximate surface area is 165 Å². The van der Waals surface area contributed by atoms with Crippen molar-refractivity contribution in [3.05, 3.63) is 84.4 Å². The zero-order valence-corrected chi connectivity index (χ0v) is 16.5. The van der Waals surface area contributed by atoms with E-state index in [2.05, 4.69) is 10.0 Å². The zero-order valence-electron chi connectivity index (χ0n) is 15.7. The smallest absolute Gasteiger partial charge is 0.241 e. The highest BCUT2D eigenvalue weighted by Gasteiger charge is 2.18. The normalized spacial score (nSPS) is 12.4. The summed E-state index contributed by atoms with van der Waals surface area (Å²) in [7, 11) is -3.68. The fourth-order valence-electron chi connectivity index (χ4n) is 2.88. The maximum atomic E-state index is 12.6. The Morgan fingerprint density at radius 2 is 1.39 bits per heavy atom. The molecule has 6 heteroatoms. The Bertz CT molecular complexity index is 1050. The number of rotatable bonds is 6. The molecule has 28 heavy (non-hydrogen) atoms. The molecule has 0 aromatic heterocycles. The highest BCUT2D eigenvalue weighted by molar-refractivity contribution is 7.89. The number of amides is 1. The second kappa shape index (κ2) is 8.37. The van der Waals surface area contributed by atoms with E-state index in [1.165, 1.54) is 19.1 Å². The summed E-state index contributed by atoms with van der Waals surface area (Å²) in [4.78, 5) is 11.2. The largest absolute Gasteiger partial charge is 0.326 e. The summed E-state index contributed by atoms with van der Waals surface area (Å²) in [6.45, 7) is 3.21. The monoisotopic (exact) mass is 394 g/mol. The summed E-state index contributed by atoms with van der Waals surface area (Å²) in [5, 5.41) is 2.61. The Kier molecular flexibility index (Phi) is 5.92. The van der Waals surface area contributed by atoms with E-state index >= 15 is 0 Å². The van der Waals surface area contributed by atoms with Crippen molar-refractivity contribution in [3.8, 4) is 11.1 Å². The molecule has 1 amide bonds. The van der Waals surface area contributed by atoms with Crippen LogP contribution in [0.3, 0.4) is 0 Å². The molecule has 0 saturated heterocycles. The third-order valence-corrected chi connectivity index (χ3v) is 5.89. The Balaban J connectivity index is 1.72. The minimum atomic E-state index is -3.68. The molecule has 0 aliphatic rings. The summed E-state index contributed by atoms with van der Waals surface area (Å²) in [6.07, 6.45) is 0. The van der Waals surface area contributed by atoms with Gasteiger partial charge in [-0.1, -0.05) is 54.6 Å². The summed E-state index contributed by atoms with van der Waals surface area (Å²) in [5.74, 6) is -0.207. The van der Waals surface area contributed by atoms with E-state index in [1.54, 1.807) is 19.1 Å². The van der Waals surface area contributed by atoms with Gasteiger partial charge < -0.3 is 5.32 Å². The van der Waals surface area contributed by atoms with Gasteiger partial charge in [0.2, 0.25) is 15.9 Å². The van der Waals surface area contributed by atoms with E-state index < -0.39 is 10.0 Å². The number of nitrogens with one attached hydrogen (secondary N) is 2. The first kappa shape index (κ1) is 19.8. The van der Waals surface area contributed by atoms with Gasteiger partial charge >= 0.3 is 0 Å². The van der Waals surface area contributed by atoms with Gasteiger partial charge in [0.05, 0.1) is 4.90 Å². The van der Waals surface area contributed by atoms with Crippen LogP contribution in [-0.2, 0) is 14.8 Å². The van der Waals surface area contributed by atoms with Crippen LogP contribution in [0.25, 0.3) is 11.1 Å². The number of anilines is 1. The van der Waals surface area contributed by atoms with Gasteiger partial charge in [0.25, 0.3) is 0 Å². The highest BCUT2D eigenvalue weighted by atomic mass is 32.2. The summed E-state index contributed by atoms with van der Waals surface area (Å²) < 4.78 is 28.0. The fraction of sp³-hybridized carbons (Fsp3) is 0.136. The van der Waals surface area contributed by atoms with Gasteiger partial charge in [0.1, 0.15) is 0 Å². The van der Waals surface area contributed by atoms with Gasteiger partial charge in [-0.05, 0) is 47.9 Å². The molecule has 3 aromatic rings. The molecule has 1 atom stereocenters. The van der Waals surface area contributed by atoms with Gasteiger partial charge in [-0.3, -0.25) is 4.79 Å². The lowest BCUT2D eigenvalue weighted by Gasteiger charge is -2.15. The van der Waals surface area contributed by atoms with E-state index in [9.17, 15) is 13.2 Å². The molecule has 0 aliphatic carbocycles. The van der Waals surface area contributed by atoms with E-state index in [0.29, 0.717) is 5.69 Å². The molecule has 3 aromatic carbocycles. The molecule has 1 unspecified atom stereocenters. The summed E-state index contributed by atoms with van der Waals surface area (Å²) in [5.41, 5.74) is 3.61. The molecule has 0 fully saturated rings. The molecule has 0 bridgehead atoms. The molecule has 0 radical (unpaired) electrons. The topological polar surface area (TPSA) is 75.3 Å². The minimum absolute atomic E-state index is 0.148. The van der Waals surface area contributed by atoms with Gasteiger partial charge in [-0.25, -0.2) is 13.1 Å². The number of sulfonamides is 1. The van der Waals surface area contributed by atoms with Crippen molar-refractivity contribution in [2.45, 2.75) is 24.8 Å². The maximum Gasteiger partial charge on any atom is 0.241 e. The standard InChI is InChI=1S/C22H22N2O3S/c1-16(18-8-10-20(11-9-18)19-6-4-3-5-7-19)24-28(26,27)22-14-12-21(13-15-22)23-17(2)25/h3-16,24H,1-2H3,(H,23,25). The predicted octanol–water partition coefficient (Wildman–Crippen LogP) is 4.35. The van der Waals surface area contributed by atoms with Crippen LogP contribution in [0.4, 0.5) is 5.69 Å². The molecular weight excluding hydrogens is 372 g/mol. The first-order valence-electron chi connectivity index (χ1n) is 8.90. The molecule has 0 saturated carbocycles. The Hall–Kier alpha value is -2.96. The first-order valence-corrected chi connectivity index (χ1v) is 10.4. The fourth-order valence-corrected chi connectivity index (χ4v) is 4.12. The molecule has 0 aliphatic heterocycles. The summed E-state index contributed by atoms with van der Waals surface area (Å²) >= 11 is 0. The van der Waals surface area contributed by atoms with E-state index in [-0.39, 0.29) is 16.8 Å². The Morgan fingerprint density at radius 1 is 0.821 bits per heavy atom.